The summed E-state index contributed by atoms with van der Waals surface area (Å²) < 4.78 is 42.3. The number of carbonyl (C=O) groups is 1. The largest absolute Gasteiger partial charge is 0.485 e. The summed E-state index contributed by atoms with van der Waals surface area (Å²) in [6.45, 7) is 2.23. The molecule has 1 heterocycles. The van der Waals surface area contributed by atoms with E-state index in [0.29, 0.717) is 6.54 Å². The SMILES string of the molecule is CCN1C[C@H](CN(C)C(=O)NCC(F)(F)F)Oc2ccccc21. The van der Waals surface area contributed by atoms with Gasteiger partial charge in [0.05, 0.1) is 18.8 Å². The van der Waals surface area contributed by atoms with Gasteiger partial charge >= 0.3 is 12.2 Å². The molecule has 0 radical (unpaired) electrons. The minimum atomic E-state index is -4.42. The molecule has 1 aromatic rings. The van der Waals surface area contributed by atoms with Crippen molar-refractivity contribution in [2.45, 2.75) is 19.2 Å². The first-order valence-electron chi connectivity index (χ1n) is 7.36. The average molecular weight is 331 g/mol. The zero-order chi connectivity index (χ0) is 17.0. The van der Waals surface area contributed by atoms with Crippen LogP contribution in [-0.4, -0.2) is 56.4 Å². The molecule has 0 aromatic heterocycles. The quantitative estimate of drug-likeness (QED) is 0.922. The second kappa shape index (κ2) is 6.97. The lowest BCUT2D eigenvalue weighted by molar-refractivity contribution is -0.123. The Bertz CT molecular complexity index is 551. The van der Waals surface area contributed by atoms with Gasteiger partial charge in [0.1, 0.15) is 18.4 Å². The van der Waals surface area contributed by atoms with E-state index in [2.05, 4.69) is 4.90 Å². The number of anilines is 1. The van der Waals surface area contributed by atoms with Crippen LogP contribution in [0.25, 0.3) is 0 Å². The fourth-order valence-electron chi connectivity index (χ4n) is 2.47. The van der Waals surface area contributed by atoms with Crippen LogP contribution in [0.4, 0.5) is 23.7 Å². The van der Waals surface area contributed by atoms with E-state index >= 15 is 0 Å². The number of nitrogens with zero attached hydrogens (tertiary/aromatic N) is 2. The first-order chi connectivity index (χ1) is 10.8. The number of likely N-dealkylation sites (N-methyl/N-ethyl adjacent to an activating group) is 2. The van der Waals surface area contributed by atoms with Crippen LogP contribution in [0, 0.1) is 0 Å². The second-order valence-corrected chi connectivity index (χ2v) is 5.40. The highest BCUT2D eigenvalue weighted by Gasteiger charge is 2.30. The maximum absolute atomic E-state index is 12.1. The lowest BCUT2D eigenvalue weighted by Gasteiger charge is -2.37. The summed E-state index contributed by atoms with van der Waals surface area (Å²) in [5.41, 5.74) is 0.982. The van der Waals surface area contributed by atoms with Gasteiger partial charge in [-0.25, -0.2) is 4.79 Å². The van der Waals surface area contributed by atoms with E-state index in [4.69, 9.17) is 4.74 Å². The van der Waals surface area contributed by atoms with E-state index in [1.807, 2.05) is 36.5 Å². The molecular formula is C15H20F3N3O2. The number of hydrogen-bond donors (Lipinski definition) is 1. The first kappa shape index (κ1) is 17.2. The van der Waals surface area contributed by atoms with E-state index in [1.165, 1.54) is 11.9 Å². The number of urea groups is 1. The van der Waals surface area contributed by atoms with Gasteiger partial charge in [-0.3, -0.25) is 0 Å². The molecule has 1 aromatic carbocycles. The van der Waals surface area contributed by atoms with Crippen LogP contribution < -0.4 is 15.0 Å². The number of amides is 2. The monoisotopic (exact) mass is 331 g/mol. The maximum atomic E-state index is 12.1. The molecule has 8 heteroatoms. The van der Waals surface area contributed by atoms with Crippen LogP contribution in [-0.2, 0) is 0 Å². The Morgan fingerprint density at radius 3 is 2.78 bits per heavy atom. The van der Waals surface area contributed by atoms with E-state index in [-0.39, 0.29) is 12.6 Å². The molecule has 2 rings (SSSR count). The fraction of sp³-hybridized carbons (Fsp3) is 0.533. The van der Waals surface area contributed by atoms with Crippen molar-refractivity contribution in [1.29, 1.82) is 0 Å². The predicted octanol–water partition coefficient (Wildman–Crippen LogP) is 2.48. The molecule has 2 amide bonds. The number of hydrogen-bond acceptors (Lipinski definition) is 3. The Hall–Kier alpha value is -2.12. The molecule has 0 bridgehead atoms. The minimum Gasteiger partial charge on any atom is -0.485 e. The van der Waals surface area contributed by atoms with Crippen molar-refractivity contribution in [2.75, 3.05) is 38.1 Å². The third kappa shape index (κ3) is 4.67. The maximum Gasteiger partial charge on any atom is 0.405 e. The second-order valence-electron chi connectivity index (χ2n) is 5.40. The third-order valence-electron chi connectivity index (χ3n) is 3.57. The molecule has 0 aliphatic carbocycles. The van der Waals surface area contributed by atoms with E-state index < -0.39 is 18.8 Å². The summed E-state index contributed by atoms with van der Waals surface area (Å²) in [6.07, 6.45) is -4.72. The summed E-state index contributed by atoms with van der Waals surface area (Å²) in [5, 5.41) is 1.85. The van der Waals surface area contributed by atoms with Crippen molar-refractivity contribution in [2.24, 2.45) is 0 Å². The molecule has 0 spiro atoms. The molecule has 5 nitrogen and oxygen atoms in total. The number of fused-ring (bicyclic) bond motifs is 1. The fourth-order valence-corrected chi connectivity index (χ4v) is 2.47. The Morgan fingerprint density at radius 2 is 2.13 bits per heavy atom. The van der Waals surface area contributed by atoms with Gasteiger partial charge in [0.2, 0.25) is 0 Å². The van der Waals surface area contributed by atoms with Crippen LogP contribution >= 0.6 is 0 Å². The van der Waals surface area contributed by atoms with Crippen LogP contribution in [0.1, 0.15) is 6.92 Å². The molecule has 1 atom stereocenters. The normalized spacial score (nSPS) is 17.3. The number of ether oxygens (including phenoxy) is 1. The number of nitrogens with one attached hydrogen (secondary N) is 1. The van der Waals surface area contributed by atoms with Crippen LogP contribution in [0.5, 0.6) is 5.75 Å². The van der Waals surface area contributed by atoms with Gasteiger partial charge in [0, 0.05) is 13.6 Å². The number of halogens is 3. The van der Waals surface area contributed by atoms with Gasteiger partial charge in [-0.2, -0.15) is 13.2 Å². The van der Waals surface area contributed by atoms with Gasteiger partial charge in [-0.15, -0.1) is 0 Å². The standard InChI is InChI=1S/C15H20F3N3O2/c1-3-21-9-11(23-13-7-5-4-6-12(13)21)8-20(2)14(22)19-10-15(16,17)18/h4-7,11H,3,8-10H2,1-2H3,(H,19,22)/t11-/m0/s1. The summed E-state index contributed by atoms with van der Waals surface area (Å²) >= 11 is 0. The molecule has 0 saturated heterocycles. The number of carbonyl (C=O) groups excluding carboxylic acids is 1. The molecule has 1 aliphatic rings. The predicted molar refractivity (Wildman–Crippen MR) is 80.8 cm³/mol. The van der Waals surface area contributed by atoms with Gasteiger partial charge in [0.15, 0.2) is 0 Å². The topological polar surface area (TPSA) is 44.8 Å². The van der Waals surface area contributed by atoms with E-state index in [9.17, 15) is 18.0 Å². The Labute approximate surface area is 133 Å². The highest BCUT2D eigenvalue weighted by atomic mass is 19.4. The minimum absolute atomic E-state index is 0.203. The molecule has 1 aliphatic heterocycles. The molecule has 1 N–H and O–H groups in total. The Morgan fingerprint density at radius 1 is 1.43 bits per heavy atom. The number of alkyl halides is 3. The van der Waals surface area contributed by atoms with Gasteiger partial charge in [-0.05, 0) is 19.1 Å². The number of benzene rings is 1. The van der Waals surface area contributed by atoms with Crippen molar-refractivity contribution >= 4 is 11.7 Å². The molecule has 23 heavy (non-hydrogen) atoms. The molecular weight excluding hydrogens is 311 g/mol. The van der Waals surface area contributed by atoms with Crippen molar-refractivity contribution < 1.29 is 22.7 Å². The van der Waals surface area contributed by atoms with Crippen LogP contribution in [0.3, 0.4) is 0 Å². The summed E-state index contributed by atoms with van der Waals surface area (Å²) in [4.78, 5) is 15.0. The van der Waals surface area contributed by atoms with Crippen molar-refractivity contribution in [3.8, 4) is 5.75 Å². The first-order valence-corrected chi connectivity index (χ1v) is 7.36. The molecule has 128 valence electrons. The highest BCUT2D eigenvalue weighted by Crippen LogP contribution is 2.32. The van der Waals surface area contributed by atoms with Gasteiger partial charge in [0.25, 0.3) is 0 Å². The highest BCUT2D eigenvalue weighted by molar-refractivity contribution is 5.74. The van der Waals surface area contributed by atoms with E-state index in [1.54, 1.807) is 0 Å². The zero-order valence-corrected chi connectivity index (χ0v) is 13.1. The lowest BCUT2D eigenvalue weighted by atomic mass is 10.2. The van der Waals surface area contributed by atoms with Crippen LogP contribution in [0.2, 0.25) is 0 Å². The summed E-state index contributed by atoms with van der Waals surface area (Å²) in [6, 6.07) is 6.80. The number of rotatable bonds is 4. The molecule has 0 unspecified atom stereocenters. The van der Waals surface area contributed by atoms with Crippen LogP contribution in [0.15, 0.2) is 24.3 Å². The Balaban J connectivity index is 1.94. The number of para-hydroxylation sites is 2. The molecule has 0 fully saturated rings. The average Bonchev–Trinajstić information content (AvgIpc) is 2.50. The lowest BCUT2D eigenvalue weighted by Crippen LogP contribution is -2.49. The van der Waals surface area contributed by atoms with Gasteiger partial charge < -0.3 is 19.9 Å². The third-order valence-corrected chi connectivity index (χ3v) is 3.57. The van der Waals surface area contributed by atoms with Crippen molar-refractivity contribution in [3.05, 3.63) is 24.3 Å². The summed E-state index contributed by atoms with van der Waals surface area (Å²) in [7, 11) is 1.45. The molecule has 0 saturated carbocycles. The zero-order valence-electron chi connectivity index (χ0n) is 13.1. The van der Waals surface area contributed by atoms with Crippen molar-refractivity contribution in [1.82, 2.24) is 10.2 Å². The van der Waals surface area contributed by atoms with Crippen molar-refractivity contribution in [3.63, 3.8) is 0 Å². The summed E-state index contributed by atoms with van der Waals surface area (Å²) in [5.74, 6) is 0.717. The van der Waals surface area contributed by atoms with Gasteiger partial charge in [-0.1, -0.05) is 12.1 Å². The smallest absolute Gasteiger partial charge is 0.405 e. The van der Waals surface area contributed by atoms with E-state index in [0.717, 1.165) is 18.0 Å². The Kier molecular flexibility index (Phi) is 5.23.